The molecule has 3 aromatic rings. The SMILES string of the molecule is Cc1ccc(COc2cn(CC(=O)Nc3ccc4c(c3)OCCO4)c(CO)cc2=O)cc1. The van der Waals surface area contributed by atoms with Crippen LogP contribution in [0.2, 0.25) is 0 Å². The van der Waals surface area contributed by atoms with Crippen molar-refractivity contribution in [3.63, 3.8) is 0 Å². The number of ether oxygens (including phenoxy) is 3. The van der Waals surface area contributed by atoms with Crippen molar-refractivity contribution in [1.82, 2.24) is 4.57 Å². The van der Waals surface area contributed by atoms with Gasteiger partial charge in [0, 0.05) is 23.5 Å². The summed E-state index contributed by atoms with van der Waals surface area (Å²) in [6, 6.07) is 14.2. The minimum Gasteiger partial charge on any atom is -0.486 e. The highest BCUT2D eigenvalue weighted by Gasteiger charge is 2.14. The third-order valence-corrected chi connectivity index (χ3v) is 5.00. The average molecular weight is 436 g/mol. The van der Waals surface area contributed by atoms with E-state index < -0.39 is 0 Å². The van der Waals surface area contributed by atoms with E-state index in [0.717, 1.165) is 11.1 Å². The van der Waals surface area contributed by atoms with Gasteiger partial charge in [0.15, 0.2) is 17.2 Å². The second-order valence-electron chi connectivity index (χ2n) is 7.46. The lowest BCUT2D eigenvalue weighted by Gasteiger charge is -2.19. The topological polar surface area (TPSA) is 99.0 Å². The molecular formula is C24H24N2O6. The van der Waals surface area contributed by atoms with Crippen molar-refractivity contribution in [3.8, 4) is 17.2 Å². The number of hydrogen-bond acceptors (Lipinski definition) is 6. The molecule has 0 atom stereocenters. The van der Waals surface area contributed by atoms with Crippen LogP contribution in [-0.2, 0) is 24.6 Å². The number of aromatic nitrogens is 1. The van der Waals surface area contributed by atoms with E-state index in [1.807, 2.05) is 31.2 Å². The summed E-state index contributed by atoms with van der Waals surface area (Å²) in [6.07, 6.45) is 1.45. The Balaban J connectivity index is 1.46. The maximum absolute atomic E-state index is 12.6. The van der Waals surface area contributed by atoms with Gasteiger partial charge in [-0.25, -0.2) is 0 Å². The largest absolute Gasteiger partial charge is 0.486 e. The lowest BCUT2D eigenvalue weighted by atomic mass is 10.2. The number of amides is 1. The molecule has 0 radical (unpaired) electrons. The van der Waals surface area contributed by atoms with Gasteiger partial charge >= 0.3 is 0 Å². The molecule has 4 rings (SSSR count). The monoisotopic (exact) mass is 436 g/mol. The molecule has 1 aromatic heterocycles. The van der Waals surface area contributed by atoms with E-state index >= 15 is 0 Å². The molecular weight excluding hydrogens is 412 g/mol. The zero-order chi connectivity index (χ0) is 22.5. The first-order chi connectivity index (χ1) is 15.5. The highest BCUT2D eigenvalue weighted by Crippen LogP contribution is 2.32. The molecule has 166 valence electrons. The van der Waals surface area contributed by atoms with Gasteiger partial charge in [-0.1, -0.05) is 29.8 Å². The van der Waals surface area contributed by atoms with E-state index in [4.69, 9.17) is 14.2 Å². The second kappa shape index (κ2) is 9.57. The number of rotatable bonds is 7. The third kappa shape index (κ3) is 5.09. The molecule has 0 bridgehead atoms. The van der Waals surface area contributed by atoms with Crippen LogP contribution in [-0.4, -0.2) is 28.8 Å². The van der Waals surface area contributed by atoms with Crippen molar-refractivity contribution < 1.29 is 24.1 Å². The summed E-state index contributed by atoms with van der Waals surface area (Å²) in [7, 11) is 0. The van der Waals surface area contributed by atoms with Gasteiger partial charge in [0.25, 0.3) is 0 Å². The molecule has 0 saturated heterocycles. The average Bonchev–Trinajstić information content (AvgIpc) is 2.80. The molecule has 1 aliphatic rings. The number of pyridine rings is 1. The van der Waals surface area contributed by atoms with Gasteiger partial charge < -0.3 is 29.2 Å². The van der Waals surface area contributed by atoms with Crippen LogP contribution in [0.4, 0.5) is 5.69 Å². The number of hydrogen-bond donors (Lipinski definition) is 2. The molecule has 2 aromatic carbocycles. The van der Waals surface area contributed by atoms with Crippen LogP contribution >= 0.6 is 0 Å². The first-order valence-electron chi connectivity index (χ1n) is 10.2. The van der Waals surface area contributed by atoms with Gasteiger partial charge in [0.2, 0.25) is 11.3 Å². The highest BCUT2D eigenvalue weighted by atomic mass is 16.6. The molecule has 8 nitrogen and oxygen atoms in total. The molecule has 2 N–H and O–H groups in total. The molecule has 0 saturated carbocycles. The van der Waals surface area contributed by atoms with E-state index in [1.54, 1.807) is 18.2 Å². The summed E-state index contributed by atoms with van der Waals surface area (Å²) < 4.78 is 18.2. The predicted molar refractivity (Wildman–Crippen MR) is 118 cm³/mol. The Kier molecular flexibility index (Phi) is 6.42. The van der Waals surface area contributed by atoms with Crippen molar-refractivity contribution in [2.45, 2.75) is 26.7 Å². The Labute approximate surface area is 185 Å². The number of anilines is 1. The van der Waals surface area contributed by atoms with Gasteiger partial charge in [-0.2, -0.15) is 0 Å². The lowest BCUT2D eigenvalue weighted by molar-refractivity contribution is -0.116. The summed E-state index contributed by atoms with van der Waals surface area (Å²) >= 11 is 0. The minimum absolute atomic E-state index is 0.106. The Morgan fingerprint density at radius 1 is 1.09 bits per heavy atom. The molecule has 8 heteroatoms. The van der Waals surface area contributed by atoms with Crippen LogP contribution in [0.5, 0.6) is 17.2 Å². The fourth-order valence-electron chi connectivity index (χ4n) is 3.31. The molecule has 1 amide bonds. The van der Waals surface area contributed by atoms with Crippen molar-refractivity contribution in [2.24, 2.45) is 0 Å². The summed E-state index contributed by atoms with van der Waals surface area (Å²) in [5.41, 5.74) is 2.57. The fraction of sp³-hybridized carbons (Fsp3) is 0.250. The molecule has 0 unspecified atom stereocenters. The van der Waals surface area contributed by atoms with Crippen LogP contribution < -0.4 is 25.0 Å². The maximum Gasteiger partial charge on any atom is 0.244 e. The van der Waals surface area contributed by atoms with Crippen LogP contribution in [0.3, 0.4) is 0 Å². The smallest absolute Gasteiger partial charge is 0.244 e. The van der Waals surface area contributed by atoms with E-state index in [-0.39, 0.29) is 36.8 Å². The summed E-state index contributed by atoms with van der Waals surface area (Å²) in [4.78, 5) is 25.0. The zero-order valence-electron chi connectivity index (χ0n) is 17.7. The van der Waals surface area contributed by atoms with Crippen molar-refractivity contribution in [3.05, 3.63) is 81.8 Å². The maximum atomic E-state index is 12.6. The number of aliphatic hydroxyl groups is 1. The van der Waals surface area contributed by atoms with Crippen LogP contribution in [0, 0.1) is 6.92 Å². The summed E-state index contributed by atoms with van der Waals surface area (Å²) in [6.45, 7) is 2.66. The number of fused-ring (bicyclic) bond motifs is 1. The van der Waals surface area contributed by atoms with Crippen molar-refractivity contribution in [2.75, 3.05) is 18.5 Å². The van der Waals surface area contributed by atoms with Gasteiger partial charge in [-0.05, 0) is 24.6 Å². The lowest BCUT2D eigenvalue weighted by Crippen LogP contribution is -2.23. The van der Waals surface area contributed by atoms with Crippen molar-refractivity contribution >= 4 is 11.6 Å². The van der Waals surface area contributed by atoms with Gasteiger partial charge in [0.1, 0.15) is 26.4 Å². The number of nitrogens with one attached hydrogen (secondary N) is 1. The van der Waals surface area contributed by atoms with E-state index in [9.17, 15) is 14.7 Å². The molecule has 0 aliphatic carbocycles. The third-order valence-electron chi connectivity index (χ3n) is 5.00. The van der Waals surface area contributed by atoms with Gasteiger partial charge in [-0.3, -0.25) is 9.59 Å². The Bertz CT molecular complexity index is 1170. The predicted octanol–water partition coefficient (Wildman–Crippen LogP) is 2.64. The van der Waals surface area contributed by atoms with E-state index in [1.165, 1.54) is 16.8 Å². The van der Waals surface area contributed by atoms with E-state index in [0.29, 0.717) is 36.1 Å². The van der Waals surface area contributed by atoms with E-state index in [2.05, 4.69) is 5.32 Å². The number of carbonyl (C=O) groups excluding carboxylic acids is 1. The molecule has 2 heterocycles. The number of aryl methyl sites for hydroxylation is 1. The molecule has 0 spiro atoms. The normalized spacial score (nSPS) is 12.3. The Hall–Kier alpha value is -3.78. The summed E-state index contributed by atoms with van der Waals surface area (Å²) in [5, 5.41) is 12.4. The van der Waals surface area contributed by atoms with Crippen LogP contribution in [0.25, 0.3) is 0 Å². The number of carbonyl (C=O) groups is 1. The molecule has 32 heavy (non-hydrogen) atoms. The number of aliphatic hydroxyl groups excluding tert-OH is 1. The Morgan fingerprint density at radius 2 is 1.84 bits per heavy atom. The molecule has 0 fully saturated rings. The van der Waals surface area contributed by atoms with Crippen LogP contribution in [0.15, 0.2) is 59.5 Å². The Morgan fingerprint density at radius 3 is 2.59 bits per heavy atom. The molecule has 1 aliphatic heterocycles. The van der Waals surface area contributed by atoms with Gasteiger partial charge in [0.05, 0.1) is 12.8 Å². The quantitative estimate of drug-likeness (QED) is 0.591. The van der Waals surface area contributed by atoms with Crippen LogP contribution in [0.1, 0.15) is 16.8 Å². The first kappa shape index (κ1) is 21.5. The van der Waals surface area contributed by atoms with Gasteiger partial charge in [-0.15, -0.1) is 0 Å². The van der Waals surface area contributed by atoms with Crippen molar-refractivity contribution in [1.29, 1.82) is 0 Å². The highest BCUT2D eigenvalue weighted by molar-refractivity contribution is 5.91. The second-order valence-corrected chi connectivity index (χ2v) is 7.46. The minimum atomic E-state index is -0.384. The number of benzene rings is 2. The fourth-order valence-corrected chi connectivity index (χ4v) is 3.31. The zero-order valence-corrected chi connectivity index (χ0v) is 17.7. The standard InChI is InChI=1S/C24H24N2O6/c1-16-2-4-17(5-3-16)15-32-23-12-26(19(14-27)11-20(23)28)13-24(29)25-18-6-7-21-22(10-18)31-9-8-30-21/h2-7,10-12,27H,8-9,13-15H2,1H3,(H,25,29). The number of nitrogens with zero attached hydrogens (tertiary/aromatic N) is 1. The summed E-state index contributed by atoms with van der Waals surface area (Å²) in [5.74, 6) is 0.979. The first-order valence-corrected chi connectivity index (χ1v) is 10.2.